The van der Waals surface area contributed by atoms with Crippen LogP contribution in [0, 0.1) is 20.8 Å². The van der Waals surface area contributed by atoms with Crippen molar-refractivity contribution < 1.29 is 19.4 Å². The van der Waals surface area contributed by atoms with Crippen LogP contribution in [-0.2, 0) is 17.8 Å². The Labute approximate surface area is 221 Å². The number of hydrogen-bond acceptors (Lipinski definition) is 6. The van der Waals surface area contributed by atoms with Crippen molar-refractivity contribution in [3.05, 3.63) is 101 Å². The fourth-order valence-corrected chi connectivity index (χ4v) is 4.42. The van der Waals surface area contributed by atoms with E-state index in [0.29, 0.717) is 17.9 Å². The van der Waals surface area contributed by atoms with Gasteiger partial charge in [0.25, 0.3) is 5.91 Å². The standard InChI is InChI=1S/C29H31N5O4/c1-18-11-19(2)27(20(3)12-18)28(35)33-25(29(36)37)13-21-5-7-23(8-6-21)34-16-22(32-17-34)15-31-26-14-24(38-4)9-10-30-26/h5-12,14,16-17,25H,13,15H2,1-4H3,(H,30,31)(H,33,35)(H,36,37). The average molecular weight is 514 g/mol. The molecule has 0 aliphatic heterocycles. The number of aromatic nitrogens is 3. The third-order valence-corrected chi connectivity index (χ3v) is 6.24. The van der Waals surface area contributed by atoms with Gasteiger partial charge >= 0.3 is 5.97 Å². The number of aryl methyl sites for hydroxylation is 3. The molecule has 0 bridgehead atoms. The number of nitrogens with zero attached hydrogens (tertiary/aromatic N) is 3. The van der Waals surface area contributed by atoms with E-state index in [4.69, 9.17) is 4.74 Å². The van der Waals surface area contributed by atoms with Crippen molar-refractivity contribution >= 4 is 17.7 Å². The lowest BCUT2D eigenvalue weighted by atomic mass is 9.98. The second kappa shape index (κ2) is 11.6. The van der Waals surface area contributed by atoms with Gasteiger partial charge in [-0.1, -0.05) is 29.8 Å². The predicted molar refractivity (Wildman–Crippen MR) is 145 cm³/mol. The molecule has 4 rings (SSSR count). The lowest BCUT2D eigenvalue weighted by molar-refractivity contribution is -0.139. The summed E-state index contributed by atoms with van der Waals surface area (Å²) in [5.74, 6) is -0.0518. The van der Waals surface area contributed by atoms with Gasteiger partial charge in [0, 0.05) is 36.1 Å². The number of rotatable bonds is 10. The molecular weight excluding hydrogens is 482 g/mol. The normalized spacial score (nSPS) is 11.6. The minimum absolute atomic E-state index is 0.165. The molecule has 2 heterocycles. The monoisotopic (exact) mass is 513 g/mol. The zero-order chi connectivity index (χ0) is 27.2. The molecular formula is C29H31N5O4. The third-order valence-electron chi connectivity index (χ3n) is 6.24. The smallest absolute Gasteiger partial charge is 0.326 e. The molecule has 0 saturated heterocycles. The van der Waals surface area contributed by atoms with E-state index >= 15 is 0 Å². The summed E-state index contributed by atoms with van der Waals surface area (Å²) in [6, 6.07) is 13.9. The summed E-state index contributed by atoms with van der Waals surface area (Å²) in [4.78, 5) is 33.6. The summed E-state index contributed by atoms with van der Waals surface area (Å²) < 4.78 is 7.10. The molecule has 9 nitrogen and oxygen atoms in total. The van der Waals surface area contributed by atoms with Gasteiger partial charge in [-0.2, -0.15) is 0 Å². The van der Waals surface area contributed by atoms with E-state index in [9.17, 15) is 14.7 Å². The topological polar surface area (TPSA) is 118 Å². The molecule has 1 unspecified atom stereocenters. The minimum Gasteiger partial charge on any atom is -0.497 e. The van der Waals surface area contributed by atoms with Crippen LogP contribution >= 0.6 is 0 Å². The van der Waals surface area contributed by atoms with E-state index in [1.165, 1.54) is 0 Å². The second-order valence-corrected chi connectivity index (χ2v) is 9.22. The molecule has 2 aromatic carbocycles. The first kappa shape index (κ1) is 26.4. The van der Waals surface area contributed by atoms with Gasteiger partial charge in [0.05, 0.1) is 25.7 Å². The van der Waals surface area contributed by atoms with E-state index in [0.717, 1.165) is 39.4 Å². The quantitative estimate of drug-likeness (QED) is 0.290. The van der Waals surface area contributed by atoms with Crippen molar-refractivity contribution in [2.24, 2.45) is 0 Å². The zero-order valence-electron chi connectivity index (χ0n) is 21.9. The van der Waals surface area contributed by atoms with Crippen LogP contribution in [0.3, 0.4) is 0 Å². The van der Waals surface area contributed by atoms with E-state index < -0.39 is 12.0 Å². The average Bonchev–Trinajstić information content (AvgIpc) is 3.36. The van der Waals surface area contributed by atoms with Gasteiger partial charge in [-0.25, -0.2) is 14.8 Å². The highest BCUT2D eigenvalue weighted by molar-refractivity contribution is 5.99. The van der Waals surface area contributed by atoms with Crippen LogP contribution in [0.5, 0.6) is 5.75 Å². The number of anilines is 1. The molecule has 0 fully saturated rings. The van der Waals surface area contributed by atoms with Gasteiger partial charge in [-0.15, -0.1) is 0 Å². The predicted octanol–water partition coefficient (Wildman–Crippen LogP) is 4.24. The van der Waals surface area contributed by atoms with Crippen LogP contribution in [0.25, 0.3) is 5.69 Å². The van der Waals surface area contributed by atoms with E-state index in [1.807, 2.05) is 74.0 Å². The Balaban J connectivity index is 1.39. The molecule has 2 aromatic heterocycles. The van der Waals surface area contributed by atoms with E-state index in [-0.39, 0.29) is 12.3 Å². The maximum Gasteiger partial charge on any atom is 0.326 e. The summed E-state index contributed by atoms with van der Waals surface area (Å²) in [6.07, 6.45) is 5.47. The van der Waals surface area contributed by atoms with Gasteiger partial charge in [-0.3, -0.25) is 4.79 Å². The summed E-state index contributed by atoms with van der Waals surface area (Å²) in [6.45, 7) is 6.17. The summed E-state index contributed by atoms with van der Waals surface area (Å²) in [7, 11) is 1.61. The second-order valence-electron chi connectivity index (χ2n) is 9.22. The van der Waals surface area contributed by atoms with Gasteiger partial charge in [0.15, 0.2) is 0 Å². The first-order valence-electron chi connectivity index (χ1n) is 12.2. The van der Waals surface area contributed by atoms with Crippen LogP contribution in [-0.4, -0.2) is 44.7 Å². The number of pyridine rings is 1. The summed E-state index contributed by atoms with van der Waals surface area (Å²) in [5, 5.41) is 15.7. The molecule has 0 radical (unpaired) electrons. The number of imidazole rings is 1. The van der Waals surface area contributed by atoms with Crippen LogP contribution in [0.1, 0.15) is 38.3 Å². The summed E-state index contributed by atoms with van der Waals surface area (Å²) in [5.41, 5.74) is 5.73. The molecule has 3 N–H and O–H groups in total. The Bertz CT molecular complexity index is 1420. The number of nitrogens with one attached hydrogen (secondary N) is 2. The van der Waals surface area contributed by atoms with Gasteiger partial charge in [0.1, 0.15) is 17.6 Å². The number of ether oxygens (including phenoxy) is 1. The van der Waals surface area contributed by atoms with Crippen LogP contribution in [0.15, 0.2) is 67.3 Å². The number of carbonyl (C=O) groups excluding carboxylic acids is 1. The van der Waals surface area contributed by atoms with Crippen molar-refractivity contribution in [1.82, 2.24) is 19.9 Å². The van der Waals surface area contributed by atoms with Crippen molar-refractivity contribution in [1.29, 1.82) is 0 Å². The number of aliphatic carboxylic acids is 1. The fraction of sp³-hybridized carbons (Fsp3) is 0.241. The van der Waals surface area contributed by atoms with Gasteiger partial charge in [0.2, 0.25) is 0 Å². The Morgan fingerprint density at radius 2 is 1.74 bits per heavy atom. The number of carboxylic acid groups (broad SMARTS) is 1. The Kier molecular flexibility index (Phi) is 8.06. The molecule has 9 heteroatoms. The Morgan fingerprint density at radius 3 is 2.39 bits per heavy atom. The minimum atomic E-state index is -1.08. The van der Waals surface area contributed by atoms with Crippen LogP contribution < -0.4 is 15.4 Å². The molecule has 0 spiro atoms. The van der Waals surface area contributed by atoms with Crippen molar-refractivity contribution in [3.8, 4) is 11.4 Å². The largest absolute Gasteiger partial charge is 0.497 e. The molecule has 1 amide bonds. The third kappa shape index (κ3) is 6.36. The lowest BCUT2D eigenvalue weighted by Gasteiger charge is -2.17. The van der Waals surface area contributed by atoms with Crippen molar-refractivity contribution in [2.75, 3.05) is 12.4 Å². The number of carbonyl (C=O) groups is 2. The number of amides is 1. The Morgan fingerprint density at radius 1 is 1.03 bits per heavy atom. The van der Waals surface area contributed by atoms with Crippen molar-refractivity contribution in [2.45, 2.75) is 39.8 Å². The highest BCUT2D eigenvalue weighted by atomic mass is 16.5. The highest BCUT2D eigenvalue weighted by Gasteiger charge is 2.23. The van der Waals surface area contributed by atoms with E-state index in [2.05, 4.69) is 20.6 Å². The summed E-state index contributed by atoms with van der Waals surface area (Å²) >= 11 is 0. The van der Waals surface area contributed by atoms with E-state index in [1.54, 1.807) is 25.7 Å². The number of benzene rings is 2. The molecule has 196 valence electrons. The SMILES string of the molecule is COc1ccnc(NCc2cn(-c3ccc(CC(NC(=O)c4c(C)cc(C)cc4C)C(=O)O)cc3)cn2)c1. The molecule has 4 aromatic rings. The Hall–Kier alpha value is -4.66. The van der Waals surface area contributed by atoms with Gasteiger partial charge < -0.3 is 25.0 Å². The van der Waals surface area contributed by atoms with Crippen molar-refractivity contribution in [3.63, 3.8) is 0 Å². The lowest BCUT2D eigenvalue weighted by Crippen LogP contribution is -2.42. The number of methoxy groups -OCH3 is 1. The zero-order valence-corrected chi connectivity index (χ0v) is 21.9. The molecule has 0 aliphatic carbocycles. The number of hydrogen-bond donors (Lipinski definition) is 3. The molecule has 0 saturated carbocycles. The van der Waals surface area contributed by atoms with Gasteiger partial charge in [-0.05, 0) is 55.7 Å². The molecule has 1 atom stereocenters. The molecule has 38 heavy (non-hydrogen) atoms. The van der Waals surface area contributed by atoms with Crippen LogP contribution in [0.4, 0.5) is 5.82 Å². The maximum absolute atomic E-state index is 12.9. The first-order chi connectivity index (χ1) is 18.2. The number of carboxylic acids is 1. The molecule has 0 aliphatic rings. The maximum atomic E-state index is 12.9. The highest BCUT2D eigenvalue weighted by Crippen LogP contribution is 2.18. The first-order valence-corrected chi connectivity index (χ1v) is 12.2. The fourth-order valence-electron chi connectivity index (χ4n) is 4.42. The van der Waals surface area contributed by atoms with Crippen LogP contribution in [0.2, 0.25) is 0 Å².